The Kier molecular flexibility index (Phi) is 4.49. The van der Waals surface area contributed by atoms with Crippen molar-refractivity contribution in [3.8, 4) is 0 Å². The molecule has 0 aliphatic heterocycles. The second-order valence-electron chi connectivity index (χ2n) is 4.20. The molecule has 1 N–H and O–H groups in total. The second-order valence-corrected chi connectivity index (χ2v) is 5.05. The van der Waals surface area contributed by atoms with Crippen LogP contribution >= 0.6 is 15.9 Å². The molecular formula is C13H13BrF3N3. The molecule has 2 rings (SSSR count). The Bertz CT molecular complexity index is 604. The summed E-state index contributed by atoms with van der Waals surface area (Å²) in [5.74, 6) is -2.81. The van der Waals surface area contributed by atoms with E-state index in [0.717, 1.165) is 0 Å². The van der Waals surface area contributed by atoms with E-state index in [4.69, 9.17) is 0 Å². The number of aromatic nitrogens is 2. The van der Waals surface area contributed by atoms with E-state index >= 15 is 0 Å². The van der Waals surface area contributed by atoms with Crippen LogP contribution in [0.15, 0.2) is 22.8 Å². The predicted octanol–water partition coefficient (Wildman–Crippen LogP) is 3.39. The summed E-state index contributed by atoms with van der Waals surface area (Å²) in [6, 6.07) is 0.569. The van der Waals surface area contributed by atoms with Crippen molar-refractivity contribution in [1.82, 2.24) is 15.1 Å². The van der Waals surface area contributed by atoms with E-state index in [1.807, 2.05) is 6.92 Å². The van der Waals surface area contributed by atoms with Crippen LogP contribution in [0.25, 0.3) is 0 Å². The van der Waals surface area contributed by atoms with Gasteiger partial charge in [0, 0.05) is 24.2 Å². The number of benzene rings is 1. The van der Waals surface area contributed by atoms with E-state index < -0.39 is 23.5 Å². The van der Waals surface area contributed by atoms with Gasteiger partial charge in [0.1, 0.15) is 17.5 Å². The summed E-state index contributed by atoms with van der Waals surface area (Å²) < 4.78 is 43.1. The molecule has 0 bridgehead atoms. The molecule has 0 spiro atoms. The third-order valence-corrected chi connectivity index (χ3v) is 3.64. The summed E-state index contributed by atoms with van der Waals surface area (Å²) in [6.45, 7) is 2.41. The maximum absolute atomic E-state index is 13.9. The van der Waals surface area contributed by atoms with Crippen molar-refractivity contribution in [3.63, 3.8) is 0 Å². The molecule has 20 heavy (non-hydrogen) atoms. The monoisotopic (exact) mass is 347 g/mol. The van der Waals surface area contributed by atoms with Crippen LogP contribution in [0.4, 0.5) is 13.2 Å². The fourth-order valence-corrected chi connectivity index (χ4v) is 2.68. The summed E-state index contributed by atoms with van der Waals surface area (Å²) in [5.41, 5.74) is 0.351. The fourth-order valence-electron chi connectivity index (χ4n) is 2.16. The first-order chi connectivity index (χ1) is 9.49. The minimum Gasteiger partial charge on any atom is -0.308 e. The molecule has 7 heteroatoms. The molecule has 0 aliphatic rings. The zero-order valence-electron chi connectivity index (χ0n) is 10.9. The first kappa shape index (κ1) is 15.1. The average Bonchev–Trinajstić information content (AvgIpc) is 2.74. The summed E-state index contributed by atoms with van der Waals surface area (Å²) in [4.78, 5) is 0. The van der Waals surface area contributed by atoms with Gasteiger partial charge in [-0.1, -0.05) is 0 Å². The Balaban J connectivity index is 2.61. The number of nitrogens with one attached hydrogen (secondary N) is 1. The summed E-state index contributed by atoms with van der Waals surface area (Å²) >= 11 is 3.32. The summed E-state index contributed by atoms with van der Waals surface area (Å²) in [5, 5.41) is 6.96. The summed E-state index contributed by atoms with van der Waals surface area (Å²) in [6.07, 6.45) is 1.56. The standard InChI is InChI=1S/C13H13BrF3N3/c1-3-20-13(8(14)6-19-20)12(18-2)11-9(16)4-7(15)5-10(11)17/h4-6,12,18H,3H2,1-2H3. The van der Waals surface area contributed by atoms with E-state index in [0.29, 0.717) is 28.8 Å². The Labute approximate surface area is 122 Å². The highest BCUT2D eigenvalue weighted by Crippen LogP contribution is 2.31. The van der Waals surface area contributed by atoms with Crippen molar-refractivity contribution in [3.05, 3.63) is 51.5 Å². The van der Waals surface area contributed by atoms with Gasteiger partial charge in [0.2, 0.25) is 0 Å². The van der Waals surface area contributed by atoms with Gasteiger partial charge < -0.3 is 5.32 Å². The molecule has 3 nitrogen and oxygen atoms in total. The number of halogens is 4. The lowest BCUT2D eigenvalue weighted by Crippen LogP contribution is -2.24. The fraction of sp³-hybridized carbons (Fsp3) is 0.308. The van der Waals surface area contributed by atoms with Gasteiger partial charge in [0.25, 0.3) is 0 Å². The minimum absolute atomic E-state index is 0.232. The quantitative estimate of drug-likeness (QED) is 0.918. The van der Waals surface area contributed by atoms with Gasteiger partial charge in [-0.2, -0.15) is 5.10 Å². The van der Waals surface area contributed by atoms with Crippen LogP contribution in [-0.4, -0.2) is 16.8 Å². The number of nitrogens with zero attached hydrogens (tertiary/aromatic N) is 2. The van der Waals surface area contributed by atoms with Crippen molar-refractivity contribution in [2.75, 3.05) is 7.05 Å². The molecule has 1 atom stereocenters. The van der Waals surface area contributed by atoms with Crippen molar-refractivity contribution < 1.29 is 13.2 Å². The number of rotatable bonds is 4. The van der Waals surface area contributed by atoms with Gasteiger partial charge in [-0.3, -0.25) is 4.68 Å². The Hall–Kier alpha value is -1.34. The molecule has 0 radical (unpaired) electrons. The molecule has 1 aromatic carbocycles. The molecule has 0 fully saturated rings. The topological polar surface area (TPSA) is 29.9 Å². The van der Waals surface area contributed by atoms with E-state index in [1.165, 1.54) is 0 Å². The zero-order valence-corrected chi connectivity index (χ0v) is 12.5. The lowest BCUT2D eigenvalue weighted by molar-refractivity contribution is 0.482. The molecule has 0 amide bonds. The summed E-state index contributed by atoms with van der Waals surface area (Å²) in [7, 11) is 1.58. The van der Waals surface area contributed by atoms with Gasteiger partial charge in [-0.05, 0) is 29.9 Å². The highest BCUT2D eigenvalue weighted by atomic mass is 79.9. The van der Waals surface area contributed by atoms with Crippen LogP contribution in [-0.2, 0) is 6.54 Å². The predicted molar refractivity (Wildman–Crippen MR) is 72.8 cm³/mol. The first-order valence-electron chi connectivity index (χ1n) is 6.02. The molecule has 0 saturated heterocycles. The average molecular weight is 348 g/mol. The third kappa shape index (κ3) is 2.60. The number of aryl methyl sites for hydroxylation is 1. The highest BCUT2D eigenvalue weighted by molar-refractivity contribution is 9.10. The maximum Gasteiger partial charge on any atom is 0.134 e. The van der Waals surface area contributed by atoms with E-state index in [9.17, 15) is 13.2 Å². The van der Waals surface area contributed by atoms with Gasteiger partial charge >= 0.3 is 0 Å². The molecule has 1 unspecified atom stereocenters. The number of hydrogen-bond donors (Lipinski definition) is 1. The molecule has 0 aliphatic carbocycles. The van der Waals surface area contributed by atoms with Crippen LogP contribution in [0.2, 0.25) is 0 Å². The molecule has 108 valence electrons. The molecule has 1 aromatic heterocycles. The third-order valence-electron chi connectivity index (χ3n) is 3.03. The molecular weight excluding hydrogens is 335 g/mol. The first-order valence-corrected chi connectivity index (χ1v) is 6.81. The van der Waals surface area contributed by atoms with Gasteiger partial charge in [0.05, 0.1) is 22.4 Å². The van der Waals surface area contributed by atoms with Crippen molar-refractivity contribution in [2.24, 2.45) is 0 Å². The molecule has 1 heterocycles. The van der Waals surface area contributed by atoms with Crippen molar-refractivity contribution in [2.45, 2.75) is 19.5 Å². The van der Waals surface area contributed by atoms with Gasteiger partial charge in [-0.25, -0.2) is 13.2 Å². The molecule has 2 aromatic rings. The zero-order chi connectivity index (χ0) is 14.9. The highest BCUT2D eigenvalue weighted by Gasteiger charge is 2.26. The van der Waals surface area contributed by atoms with Gasteiger partial charge in [-0.15, -0.1) is 0 Å². The van der Waals surface area contributed by atoms with Crippen molar-refractivity contribution >= 4 is 15.9 Å². The van der Waals surface area contributed by atoms with Gasteiger partial charge in [0.15, 0.2) is 0 Å². The largest absolute Gasteiger partial charge is 0.308 e. The maximum atomic E-state index is 13.9. The van der Waals surface area contributed by atoms with E-state index in [-0.39, 0.29) is 5.56 Å². The van der Waals surface area contributed by atoms with E-state index in [2.05, 4.69) is 26.3 Å². The van der Waals surface area contributed by atoms with Crippen LogP contribution in [0.5, 0.6) is 0 Å². The van der Waals surface area contributed by atoms with Crippen LogP contribution in [0.3, 0.4) is 0 Å². The van der Waals surface area contributed by atoms with E-state index in [1.54, 1.807) is 17.9 Å². The lowest BCUT2D eigenvalue weighted by atomic mass is 10.0. The second kappa shape index (κ2) is 5.97. The Morgan fingerprint density at radius 1 is 1.30 bits per heavy atom. The smallest absolute Gasteiger partial charge is 0.134 e. The Morgan fingerprint density at radius 2 is 1.90 bits per heavy atom. The van der Waals surface area contributed by atoms with Crippen molar-refractivity contribution in [1.29, 1.82) is 0 Å². The Morgan fingerprint density at radius 3 is 2.40 bits per heavy atom. The molecule has 0 saturated carbocycles. The van der Waals surface area contributed by atoms with Crippen LogP contribution in [0.1, 0.15) is 24.2 Å². The normalized spacial score (nSPS) is 12.7. The van der Waals surface area contributed by atoms with Crippen LogP contribution < -0.4 is 5.32 Å². The lowest BCUT2D eigenvalue weighted by Gasteiger charge is -2.20. The minimum atomic E-state index is -0.943. The SMILES string of the molecule is CCn1ncc(Br)c1C(NC)c1c(F)cc(F)cc1F. The number of hydrogen-bond acceptors (Lipinski definition) is 2. The van der Waals surface area contributed by atoms with Crippen LogP contribution in [0, 0.1) is 17.5 Å².